The Morgan fingerprint density at radius 1 is 0.818 bits per heavy atom. The number of nitrogens with zero attached hydrogens (tertiary/aromatic N) is 2. The lowest BCUT2D eigenvalue weighted by atomic mass is 10.2. The zero-order chi connectivity index (χ0) is 15.4. The van der Waals surface area contributed by atoms with Crippen LogP contribution in [0.15, 0.2) is 71.8 Å². The average Bonchev–Trinajstić information content (AvgIpc) is 2.88. The SMILES string of the molecule is Cc1ccc(C)n1-c1ccc(/C=N/Nc2ccccc2)cc1. The first-order valence-electron chi connectivity index (χ1n) is 7.33. The fourth-order valence-corrected chi connectivity index (χ4v) is 2.48. The second kappa shape index (κ2) is 6.31. The van der Waals surface area contributed by atoms with Gasteiger partial charge in [-0.05, 0) is 55.8 Å². The number of para-hydroxylation sites is 1. The molecular formula is C19H19N3. The van der Waals surface area contributed by atoms with Crippen LogP contribution in [0.5, 0.6) is 0 Å². The number of aromatic nitrogens is 1. The van der Waals surface area contributed by atoms with Crippen molar-refractivity contribution in [3.63, 3.8) is 0 Å². The Hall–Kier alpha value is -2.81. The van der Waals surface area contributed by atoms with Crippen LogP contribution in [0.2, 0.25) is 0 Å². The average molecular weight is 289 g/mol. The second-order valence-corrected chi connectivity index (χ2v) is 5.28. The van der Waals surface area contributed by atoms with E-state index in [1.54, 1.807) is 0 Å². The van der Waals surface area contributed by atoms with E-state index in [0.717, 1.165) is 11.3 Å². The van der Waals surface area contributed by atoms with Gasteiger partial charge in [0.1, 0.15) is 0 Å². The maximum absolute atomic E-state index is 4.26. The zero-order valence-electron chi connectivity index (χ0n) is 12.8. The molecule has 0 fully saturated rings. The summed E-state index contributed by atoms with van der Waals surface area (Å²) >= 11 is 0. The van der Waals surface area contributed by atoms with Crippen molar-refractivity contribution < 1.29 is 0 Å². The summed E-state index contributed by atoms with van der Waals surface area (Å²) in [6.45, 7) is 4.23. The topological polar surface area (TPSA) is 29.3 Å². The van der Waals surface area contributed by atoms with Crippen LogP contribution < -0.4 is 5.43 Å². The van der Waals surface area contributed by atoms with Gasteiger partial charge in [0.2, 0.25) is 0 Å². The first-order valence-corrected chi connectivity index (χ1v) is 7.33. The number of rotatable bonds is 4. The van der Waals surface area contributed by atoms with Crippen molar-refractivity contribution in [2.75, 3.05) is 5.43 Å². The zero-order valence-corrected chi connectivity index (χ0v) is 12.8. The Morgan fingerprint density at radius 2 is 1.45 bits per heavy atom. The van der Waals surface area contributed by atoms with E-state index in [-0.39, 0.29) is 0 Å². The molecule has 110 valence electrons. The Morgan fingerprint density at radius 3 is 2.09 bits per heavy atom. The number of hydrogen-bond acceptors (Lipinski definition) is 2. The fraction of sp³-hybridized carbons (Fsp3) is 0.105. The minimum absolute atomic E-state index is 0.981. The summed E-state index contributed by atoms with van der Waals surface area (Å²) in [6.07, 6.45) is 1.83. The summed E-state index contributed by atoms with van der Waals surface area (Å²) in [7, 11) is 0. The number of benzene rings is 2. The van der Waals surface area contributed by atoms with E-state index >= 15 is 0 Å². The fourth-order valence-electron chi connectivity index (χ4n) is 2.48. The van der Waals surface area contributed by atoms with Gasteiger partial charge in [0.05, 0.1) is 11.9 Å². The number of anilines is 1. The van der Waals surface area contributed by atoms with Crippen molar-refractivity contribution in [2.45, 2.75) is 13.8 Å². The Balaban J connectivity index is 1.72. The molecule has 1 N–H and O–H groups in total. The van der Waals surface area contributed by atoms with Crippen LogP contribution in [-0.4, -0.2) is 10.8 Å². The third-order valence-electron chi connectivity index (χ3n) is 3.60. The van der Waals surface area contributed by atoms with E-state index in [1.165, 1.54) is 17.1 Å². The van der Waals surface area contributed by atoms with Crippen LogP contribution >= 0.6 is 0 Å². The van der Waals surface area contributed by atoms with Gasteiger partial charge in [-0.1, -0.05) is 30.3 Å². The summed E-state index contributed by atoms with van der Waals surface area (Å²) in [4.78, 5) is 0. The van der Waals surface area contributed by atoms with Crippen molar-refractivity contribution in [3.8, 4) is 5.69 Å². The van der Waals surface area contributed by atoms with Crippen molar-refractivity contribution in [1.29, 1.82) is 0 Å². The van der Waals surface area contributed by atoms with Gasteiger partial charge in [-0.25, -0.2) is 0 Å². The molecule has 0 spiro atoms. The van der Waals surface area contributed by atoms with Crippen molar-refractivity contribution in [1.82, 2.24) is 4.57 Å². The summed E-state index contributed by atoms with van der Waals surface area (Å²) in [5.74, 6) is 0. The molecule has 0 aliphatic heterocycles. The molecule has 3 aromatic rings. The normalized spacial score (nSPS) is 11.0. The monoisotopic (exact) mass is 289 g/mol. The van der Waals surface area contributed by atoms with E-state index in [4.69, 9.17) is 0 Å². The van der Waals surface area contributed by atoms with Crippen LogP contribution in [0.25, 0.3) is 5.69 Å². The number of hydrogen-bond donors (Lipinski definition) is 1. The van der Waals surface area contributed by atoms with Crippen LogP contribution in [0.3, 0.4) is 0 Å². The van der Waals surface area contributed by atoms with Crippen molar-refractivity contribution >= 4 is 11.9 Å². The summed E-state index contributed by atoms with van der Waals surface area (Å²) in [5.41, 5.74) is 8.72. The molecule has 2 aromatic carbocycles. The van der Waals surface area contributed by atoms with Gasteiger partial charge in [-0.15, -0.1) is 0 Å². The molecule has 0 saturated carbocycles. The molecule has 0 aliphatic carbocycles. The largest absolute Gasteiger partial charge is 0.319 e. The molecule has 3 nitrogen and oxygen atoms in total. The third kappa shape index (κ3) is 3.09. The van der Waals surface area contributed by atoms with Gasteiger partial charge in [-0.3, -0.25) is 5.43 Å². The lowest BCUT2D eigenvalue weighted by Gasteiger charge is -2.09. The summed E-state index contributed by atoms with van der Waals surface area (Å²) < 4.78 is 2.24. The summed E-state index contributed by atoms with van der Waals surface area (Å²) in [6, 6.07) is 22.6. The minimum Gasteiger partial charge on any atom is -0.319 e. The molecule has 0 bridgehead atoms. The predicted octanol–water partition coefficient (Wildman–Crippen LogP) is 4.54. The minimum atomic E-state index is 0.981. The van der Waals surface area contributed by atoms with Crippen molar-refractivity contribution in [2.24, 2.45) is 5.10 Å². The van der Waals surface area contributed by atoms with Gasteiger partial charge in [0.15, 0.2) is 0 Å². The van der Waals surface area contributed by atoms with E-state index < -0.39 is 0 Å². The first-order chi connectivity index (χ1) is 10.7. The third-order valence-corrected chi connectivity index (χ3v) is 3.60. The quantitative estimate of drug-likeness (QED) is 0.554. The van der Waals surface area contributed by atoms with E-state index in [0.29, 0.717) is 0 Å². The molecule has 0 aliphatic rings. The highest BCUT2D eigenvalue weighted by atomic mass is 15.3. The first kappa shape index (κ1) is 14.1. The van der Waals surface area contributed by atoms with Crippen LogP contribution in [-0.2, 0) is 0 Å². The highest BCUT2D eigenvalue weighted by molar-refractivity contribution is 5.80. The van der Waals surface area contributed by atoms with E-state index in [1.807, 2.05) is 36.5 Å². The summed E-state index contributed by atoms with van der Waals surface area (Å²) in [5, 5.41) is 4.26. The number of hydrazone groups is 1. The van der Waals surface area contributed by atoms with Crippen LogP contribution in [0.4, 0.5) is 5.69 Å². The maximum atomic E-state index is 4.26. The van der Waals surface area contributed by atoms with Gasteiger partial charge < -0.3 is 4.57 Å². The molecule has 0 unspecified atom stereocenters. The molecule has 0 radical (unpaired) electrons. The molecule has 3 rings (SSSR count). The lowest BCUT2D eigenvalue weighted by molar-refractivity contribution is 0.966. The Kier molecular flexibility index (Phi) is 4.05. The molecular weight excluding hydrogens is 270 g/mol. The van der Waals surface area contributed by atoms with E-state index in [2.05, 4.69) is 65.3 Å². The van der Waals surface area contributed by atoms with Gasteiger partial charge in [0, 0.05) is 17.1 Å². The maximum Gasteiger partial charge on any atom is 0.0561 e. The molecule has 3 heteroatoms. The van der Waals surface area contributed by atoms with Crippen LogP contribution in [0, 0.1) is 13.8 Å². The standard InChI is InChI=1S/C19H19N3/c1-15-8-9-16(2)22(15)19-12-10-17(11-13-19)14-20-21-18-6-4-3-5-7-18/h3-14,21H,1-2H3/b20-14+. The molecule has 0 amide bonds. The highest BCUT2D eigenvalue weighted by Crippen LogP contribution is 2.16. The molecule has 1 heterocycles. The van der Waals surface area contributed by atoms with Gasteiger partial charge >= 0.3 is 0 Å². The van der Waals surface area contributed by atoms with Crippen LogP contribution in [0.1, 0.15) is 17.0 Å². The Labute approximate surface area is 130 Å². The van der Waals surface area contributed by atoms with Gasteiger partial charge in [-0.2, -0.15) is 5.10 Å². The van der Waals surface area contributed by atoms with Gasteiger partial charge in [0.25, 0.3) is 0 Å². The van der Waals surface area contributed by atoms with Crippen molar-refractivity contribution in [3.05, 3.63) is 83.7 Å². The number of nitrogens with one attached hydrogen (secondary N) is 1. The predicted molar refractivity (Wildman–Crippen MR) is 92.9 cm³/mol. The molecule has 0 atom stereocenters. The lowest BCUT2D eigenvalue weighted by Crippen LogP contribution is -1.98. The molecule has 22 heavy (non-hydrogen) atoms. The smallest absolute Gasteiger partial charge is 0.0561 e. The van der Waals surface area contributed by atoms with E-state index in [9.17, 15) is 0 Å². The molecule has 1 aromatic heterocycles. The number of aryl methyl sites for hydroxylation is 2. The Bertz CT molecular complexity index is 749. The molecule has 0 saturated heterocycles. The highest BCUT2D eigenvalue weighted by Gasteiger charge is 2.02. The second-order valence-electron chi connectivity index (χ2n) is 5.28.